The highest BCUT2D eigenvalue weighted by atomic mass is 16.2. The summed E-state index contributed by atoms with van der Waals surface area (Å²) < 4.78 is 1.74. The second kappa shape index (κ2) is 5.36. The summed E-state index contributed by atoms with van der Waals surface area (Å²) in [6.07, 6.45) is 0. The number of carbonyl (C=O) groups is 1. The molecule has 5 nitrogen and oxygen atoms in total. The van der Waals surface area contributed by atoms with Crippen LogP contribution in [0.2, 0.25) is 0 Å². The van der Waals surface area contributed by atoms with Gasteiger partial charge in [0.1, 0.15) is 0 Å². The summed E-state index contributed by atoms with van der Waals surface area (Å²) in [5.74, 6) is -0.00933. The molecule has 0 aliphatic heterocycles. The van der Waals surface area contributed by atoms with Crippen LogP contribution in [0.4, 0.5) is 5.69 Å². The molecule has 0 saturated carbocycles. The number of hydrogen-bond donors (Lipinski definition) is 1. The molecule has 20 heavy (non-hydrogen) atoms. The number of nitrogens with zero attached hydrogens (tertiary/aromatic N) is 3. The number of benzene rings is 1. The molecule has 0 saturated heterocycles. The molecule has 1 amide bonds. The molecule has 2 N–H and O–H groups in total. The Morgan fingerprint density at radius 1 is 1.30 bits per heavy atom. The first-order valence-electron chi connectivity index (χ1n) is 6.50. The fourth-order valence-electron chi connectivity index (χ4n) is 2.24. The quantitative estimate of drug-likeness (QED) is 0.868. The van der Waals surface area contributed by atoms with E-state index < -0.39 is 0 Å². The number of nitrogen functional groups attached to an aromatic ring is 1. The van der Waals surface area contributed by atoms with Crippen molar-refractivity contribution in [3.8, 4) is 0 Å². The van der Waals surface area contributed by atoms with E-state index in [-0.39, 0.29) is 5.91 Å². The third kappa shape index (κ3) is 2.66. The Balaban J connectivity index is 2.18. The molecule has 0 radical (unpaired) electrons. The first kappa shape index (κ1) is 14.1. The van der Waals surface area contributed by atoms with E-state index in [1.807, 2.05) is 45.2 Å². The van der Waals surface area contributed by atoms with E-state index in [0.717, 1.165) is 22.6 Å². The van der Waals surface area contributed by atoms with Crippen LogP contribution in [0.1, 0.15) is 27.3 Å². The van der Waals surface area contributed by atoms with Gasteiger partial charge in [-0.25, -0.2) is 0 Å². The lowest BCUT2D eigenvalue weighted by Crippen LogP contribution is -2.27. The molecule has 106 valence electrons. The molecule has 5 heteroatoms. The van der Waals surface area contributed by atoms with Crippen molar-refractivity contribution in [3.63, 3.8) is 0 Å². The Bertz CT molecular complexity index is 628. The largest absolute Gasteiger partial charge is 0.399 e. The topological polar surface area (TPSA) is 64.2 Å². The zero-order valence-electron chi connectivity index (χ0n) is 12.3. The number of hydrogen-bond acceptors (Lipinski definition) is 3. The maximum atomic E-state index is 12.5. The van der Waals surface area contributed by atoms with E-state index in [9.17, 15) is 4.79 Å². The van der Waals surface area contributed by atoms with Gasteiger partial charge in [0.2, 0.25) is 0 Å². The normalized spacial score (nSPS) is 10.6. The molecule has 1 heterocycles. The molecular formula is C15H20N4O. The first-order chi connectivity index (χ1) is 9.40. The van der Waals surface area contributed by atoms with Gasteiger partial charge in [0, 0.05) is 32.0 Å². The van der Waals surface area contributed by atoms with Gasteiger partial charge in [-0.05, 0) is 31.5 Å². The molecule has 0 fully saturated rings. The van der Waals surface area contributed by atoms with Crippen molar-refractivity contribution in [2.45, 2.75) is 20.4 Å². The van der Waals surface area contributed by atoms with Crippen LogP contribution in [0.25, 0.3) is 0 Å². The van der Waals surface area contributed by atoms with Crippen molar-refractivity contribution in [1.29, 1.82) is 0 Å². The predicted molar refractivity (Wildman–Crippen MR) is 79.3 cm³/mol. The van der Waals surface area contributed by atoms with Gasteiger partial charge < -0.3 is 10.6 Å². The van der Waals surface area contributed by atoms with Crippen molar-refractivity contribution in [1.82, 2.24) is 14.7 Å². The zero-order chi connectivity index (χ0) is 14.9. The molecule has 2 aromatic rings. The Hall–Kier alpha value is -2.30. The van der Waals surface area contributed by atoms with Crippen LogP contribution in [0, 0.1) is 13.8 Å². The van der Waals surface area contributed by atoms with E-state index >= 15 is 0 Å². The summed E-state index contributed by atoms with van der Waals surface area (Å²) >= 11 is 0. The third-order valence-corrected chi connectivity index (χ3v) is 3.47. The summed E-state index contributed by atoms with van der Waals surface area (Å²) in [6.45, 7) is 4.31. The Kier molecular flexibility index (Phi) is 3.79. The lowest BCUT2D eigenvalue weighted by molar-refractivity contribution is 0.0783. The SMILES string of the molecule is Cc1nn(C)c(C)c1C(=O)N(C)Cc1ccc(N)cc1. The minimum absolute atomic E-state index is 0.00933. The minimum atomic E-state index is -0.00933. The van der Waals surface area contributed by atoms with Gasteiger partial charge in [-0.3, -0.25) is 9.48 Å². The number of carbonyl (C=O) groups excluding carboxylic acids is 1. The van der Waals surface area contributed by atoms with Crippen LogP contribution >= 0.6 is 0 Å². The Morgan fingerprint density at radius 3 is 2.40 bits per heavy atom. The van der Waals surface area contributed by atoms with Crippen LogP contribution < -0.4 is 5.73 Å². The number of aromatic nitrogens is 2. The van der Waals surface area contributed by atoms with Crippen molar-refractivity contribution in [3.05, 3.63) is 46.8 Å². The van der Waals surface area contributed by atoms with Gasteiger partial charge >= 0.3 is 0 Å². The van der Waals surface area contributed by atoms with Crippen LogP contribution in [0.3, 0.4) is 0 Å². The highest BCUT2D eigenvalue weighted by Gasteiger charge is 2.20. The number of rotatable bonds is 3. The molecule has 0 atom stereocenters. The van der Waals surface area contributed by atoms with Gasteiger partial charge in [0.05, 0.1) is 11.3 Å². The molecule has 0 unspecified atom stereocenters. The van der Waals surface area contributed by atoms with E-state index in [1.54, 1.807) is 16.6 Å². The summed E-state index contributed by atoms with van der Waals surface area (Å²) in [7, 11) is 3.64. The molecule has 0 aliphatic carbocycles. The molecule has 2 rings (SSSR count). The second-order valence-corrected chi connectivity index (χ2v) is 5.07. The molecule has 0 spiro atoms. The van der Waals surface area contributed by atoms with Gasteiger partial charge in [-0.2, -0.15) is 5.10 Å². The number of aryl methyl sites for hydroxylation is 2. The van der Waals surface area contributed by atoms with Crippen molar-refractivity contribution >= 4 is 11.6 Å². The van der Waals surface area contributed by atoms with Crippen molar-refractivity contribution in [2.24, 2.45) is 7.05 Å². The first-order valence-corrected chi connectivity index (χ1v) is 6.50. The molecule has 0 aliphatic rings. The Morgan fingerprint density at radius 2 is 1.90 bits per heavy atom. The molecule has 1 aromatic heterocycles. The number of amides is 1. The fraction of sp³-hybridized carbons (Fsp3) is 0.333. The predicted octanol–water partition coefficient (Wildman–Crippen LogP) is 1.89. The van der Waals surface area contributed by atoms with Gasteiger partial charge in [0.15, 0.2) is 0 Å². The van der Waals surface area contributed by atoms with Crippen molar-refractivity contribution < 1.29 is 4.79 Å². The monoisotopic (exact) mass is 272 g/mol. The van der Waals surface area contributed by atoms with Crippen LogP contribution in [0.5, 0.6) is 0 Å². The maximum absolute atomic E-state index is 12.5. The summed E-state index contributed by atoms with van der Waals surface area (Å²) in [5, 5.41) is 4.29. The average Bonchev–Trinajstić information content (AvgIpc) is 2.65. The van der Waals surface area contributed by atoms with E-state index in [2.05, 4.69) is 5.10 Å². The second-order valence-electron chi connectivity index (χ2n) is 5.07. The standard InChI is InChI=1S/C15H20N4O/c1-10-14(11(2)19(4)17-10)15(20)18(3)9-12-5-7-13(16)8-6-12/h5-8H,9,16H2,1-4H3. The summed E-state index contributed by atoms with van der Waals surface area (Å²) in [6, 6.07) is 7.55. The fourth-order valence-corrected chi connectivity index (χ4v) is 2.24. The number of anilines is 1. The van der Waals surface area contributed by atoms with Gasteiger partial charge in [0.25, 0.3) is 5.91 Å². The van der Waals surface area contributed by atoms with Crippen LogP contribution in [0.15, 0.2) is 24.3 Å². The lowest BCUT2D eigenvalue weighted by Gasteiger charge is -2.17. The van der Waals surface area contributed by atoms with Gasteiger partial charge in [-0.1, -0.05) is 12.1 Å². The Labute approximate surface area is 119 Å². The highest BCUT2D eigenvalue weighted by molar-refractivity contribution is 5.96. The maximum Gasteiger partial charge on any atom is 0.257 e. The number of nitrogens with two attached hydrogens (primary N) is 1. The highest BCUT2D eigenvalue weighted by Crippen LogP contribution is 2.16. The van der Waals surface area contributed by atoms with Crippen LogP contribution in [-0.4, -0.2) is 27.6 Å². The molecule has 1 aromatic carbocycles. The average molecular weight is 272 g/mol. The summed E-state index contributed by atoms with van der Waals surface area (Å²) in [5.41, 5.74) is 9.77. The van der Waals surface area contributed by atoms with E-state index in [0.29, 0.717) is 12.1 Å². The smallest absolute Gasteiger partial charge is 0.257 e. The third-order valence-electron chi connectivity index (χ3n) is 3.47. The van der Waals surface area contributed by atoms with Crippen molar-refractivity contribution in [2.75, 3.05) is 12.8 Å². The van der Waals surface area contributed by atoms with Gasteiger partial charge in [-0.15, -0.1) is 0 Å². The minimum Gasteiger partial charge on any atom is -0.399 e. The van der Waals surface area contributed by atoms with E-state index in [1.165, 1.54) is 0 Å². The van der Waals surface area contributed by atoms with E-state index in [4.69, 9.17) is 5.73 Å². The molecular weight excluding hydrogens is 252 g/mol. The molecule has 0 bridgehead atoms. The lowest BCUT2D eigenvalue weighted by atomic mass is 10.1. The van der Waals surface area contributed by atoms with Crippen LogP contribution in [-0.2, 0) is 13.6 Å². The summed E-state index contributed by atoms with van der Waals surface area (Å²) in [4.78, 5) is 14.2. The zero-order valence-corrected chi connectivity index (χ0v) is 12.3.